The van der Waals surface area contributed by atoms with E-state index < -0.39 is 0 Å². The van der Waals surface area contributed by atoms with Gasteiger partial charge in [0.25, 0.3) is 0 Å². The first-order chi connectivity index (χ1) is 17.6. The van der Waals surface area contributed by atoms with Gasteiger partial charge in [0.2, 0.25) is 0 Å². The molecule has 0 radical (unpaired) electrons. The van der Waals surface area contributed by atoms with Crippen LogP contribution in [0.25, 0.3) is 57.7 Å². The Morgan fingerprint density at radius 3 is 1.61 bits per heavy atom. The average molecular weight is 469 g/mol. The molecule has 180 valence electrons. The van der Waals surface area contributed by atoms with Crippen molar-refractivity contribution in [3.63, 3.8) is 0 Å². The summed E-state index contributed by atoms with van der Waals surface area (Å²) in [5.41, 5.74) is 12.4. The Morgan fingerprint density at radius 1 is 0.583 bits per heavy atom. The van der Waals surface area contributed by atoms with E-state index in [2.05, 4.69) is 112 Å². The summed E-state index contributed by atoms with van der Waals surface area (Å²) in [5, 5.41) is 2.69. The molecule has 5 rings (SSSR count). The van der Waals surface area contributed by atoms with Gasteiger partial charge in [0.05, 0.1) is 0 Å². The molecule has 0 heterocycles. The van der Waals surface area contributed by atoms with Crippen molar-refractivity contribution >= 4 is 24.3 Å². The zero-order valence-corrected chi connectivity index (χ0v) is 22.1. The Bertz CT molecular complexity index is 1520. The third kappa shape index (κ3) is 4.52. The molecule has 0 spiro atoms. The number of hydrogen-bond donors (Lipinski definition) is 0. The minimum Gasteiger partial charge on any atom is -0.0984 e. The van der Waals surface area contributed by atoms with Crippen molar-refractivity contribution < 1.29 is 0 Å². The zero-order valence-electron chi connectivity index (χ0n) is 22.1. The molecule has 0 saturated heterocycles. The van der Waals surface area contributed by atoms with Gasteiger partial charge in [0.1, 0.15) is 0 Å². The molecule has 0 bridgehead atoms. The molecular weight excluding hydrogens is 432 g/mol. The van der Waals surface area contributed by atoms with E-state index in [4.69, 9.17) is 0 Å². The summed E-state index contributed by atoms with van der Waals surface area (Å²) in [4.78, 5) is 0. The fourth-order valence-corrected chi connectivity index (χ4v) is 5.41. The predicted octanol–water partition coefficient (Wildman–Crippen LogP) is 8.97. The van der Waals surface area contributed by atoms with E-state index in [1.54, 1.807) is 0 Å². The number of benzene rings is 4. The summed E-state index contributed by atoms with van der Waals surface area (Å²) in [6, 6.07) is 26.0. The second kappa shape index (κ2) is 11.2. The summed E-state index contributed by atoms with van der Waals surface area (Å²) in [6.45, 7) is 16.9. The van der Waals surface area contributed by atoms with Gasteiger partial charge < -0.3 is 0 Å². The SMILES string of the molecule is C=Cc1c(-c2ccccc2)cc(C)c(-c2c(C)cc(-c3ccccc3)c3c2=CCCC=3)c1C=C.CC. The highest BCUT2D eigenvalue weighted by atomic mass is 14.2. The molecule has 1 aliphatic carbocycles. The number of fused-ring (bicyclic) bond motifs is 1. The molecule has 1 aliphatic rings. The van der Waals surface area contributed by atoms with Crippen LogP contribution in [0.3, 0.4) is 0 Å². The third-order valence-corrected chi connectivity index (χ3v) is 6.90. The minimum absolute atomic E-state index is 1.07. The van der Waals surface area contributed by atoms with Gasteiger partial charge in [-0.25, -0.2) is 0 Å². The Labute approximate surface area is 216 Å². The minimum atomic E-state index is 1.07. The highest BCUT2D eigenvalue weighted by Crippen LogP contribution is 2.38. The maximum Gasteiger partial charge on any atom is -0.00671 e. The predicted molar refractivity (Wildman–Crippen MR) is 161 cm³/mol. The molecule has 0 aliphatic heterocycles. The van der Waals surface area contributed by atoms with Gasteiger partial charge in [-0.3, -0.25) is 0 Å². The maximum atomic E-state index is 4.24. The normalized spacial score (nSPS) is 11.8. The van der Waals surface area contributed by atoms with Crippen molar-refractivity contribution in [1.29, 1.82) is 0 Å². The second-order valence-corrected chi connectivity index (χ2v) is 9.01. The molecule has 0 nitrogen and oxygen atoms in total. The topological polar surface area (TPSA) is 0 Å². The van der Waals surface area contributed by atoms with Gasteiger partial charge in [-0.1, -0.05) is 124 Å². The van der Waals surface area contributed by atoms with Crippen LogP contribution in [-0.4, -0.2) is 0 Å². The van der Waals surface area contributed by atoms with Crippen LogP contribution in [0, 0.1) is 13.8 Å². The lowest BCUT2D eigenvalue weighted by Gasteiger charge is -2.22. The smallest absolute Gasteiger partial charge is 0.00671 e. The summed E-state index contributed by atoms with van der Waals surface area (Å²) in [6.07, 6.45) is 11.0. The third-order valence-electron chi connectivity index (χ3n) is 6.90. The lowest BCUT2D eigenvalue weighted by atomic mass is 9.82. The van der Waals surface area contributed by atoms with Gasteiger partial charge in [0.15, 0.2) is 0 Å². The van der Waals surface area contributed by atoms with Crippen LogP contribution >= 0.6 is 0 Å². The number of hydrogen-bond acceptors (Lipinski definition) is 0. The van der Waals surface area contributed by atoms with Crippen molar-refractivity contribution in [2.45, 2.75) is 40.5 Å². The number of aryl methyl sites for hydroxylation is 2. The van der Waals surface area contributed by atoms with Crippen LogP contribution in [0.5, 0.6) is 0 Å². The first-order valence-electron chi connectivity index (χ1n) is 13.0. The fraction of sp³-hybridized carbons (Fsp3) is 0.167. The molecule has 0 N–H and O–H groups in total. The Balaban J connectivity index is 0.00000148. The first kappa shape index (κ1) is 25.2. The molecule has 36 heavy (non-hydrogen) atoms. The largest absolute Gasteiger partial charge is 0.0984 e. The summed E-state index contributed by atoms with van der Waals surface area (Å²) in [7, 11) is 0. The Hall–Kier alpha value is -3.90. The average Bonchev–Trinajstić information content (AvgIpc) is 2.94. The van der Waals surface area contributed by atoms with Crippen LogP contribution < -0.4 is 10.4 Å². The van der Waals surface area contributed by atoms with E-state index in [-0.39, 0.29) is 0 Å². The Kier molecular flexibility index (Phi) is 7.86. The Morgan fingerprint density at radius 2 is 1.06 bits per heavy atom. The van der Waals surface area contributed by atoms with E-state index in [0.717, 1.165) is 24.0 Å². The highest BCUT2D eigenvalue weighted by molar-refractivity contribution is 5.92. The molecule has 4 aromatic rings. The quantitative estimate of drug-likeness (QED) is 0.274. The summed E-state index contributed by atoms with van der Waals surface area (Å²) < 4.78 is 0. The van der Waals surface area contributed by atoms with Gasteiger partial charge in [-0.2, -0.15) is 0 Å². The van der Waals surface area contributed by atoms with Crippen molar-refractivity contribution in [3.8, 4) is 33.4 Å². The van der Waals surface area contributed by atoms with Crippen molar-refractivity contribution in [2.24, 2.45) is 0 Å². The van der Waals surface area contributed by atoms with Crippen LogP contribution in [0.2, 0.25) is 0 Å². The molecule has 0 heteroatoms. The highest BCUT2D eigenvalue weighted by Gasteiger charge is 2.19. The van der Waals surface area contributed by atoms with Crippen molar-refractivity contribution in [3.05, 3.63) is 119 Å². The summed E-state index contributed by atoms with van der Waals surface area (Å²) in [5.74, 6) is 0. The fourth-order valence-electron chi connectivity index (χ4n) is 5.41. The second-order valence-electron chi connectivity index (χ2n) is 9.01. The molecule has 4 aromatic carbocycles. The lowest BCUT2D eigenvalue weighted by molar-refractivity contribution is 1.11. The monoisotopic (exact) mass is 468 g/mol. The van der Waals surface area contributed by atoms with E-state index >= 15 is 0 Å². The summed E-state index contributed by atoms with van der Waals surface area (Å²) >= 11 is 0. The van der Waals surface area contributed by atoms with Gasteiger partial charge >= 0.3 is 0 Å². The molecular formula is C36H36. The van der Waals surface area contributed by atoms with Crippen LogP contribution in [0.1, 0.15) is 48.9 Å². The van der Waals surface area contributed by atoms with E-state index in [1.807, 2.05) is 26.0 Å². The molecule has 0 saturated carbocycles. The van der Waals surface area contributed by atoms with Crippen molar-refractivity contribution in [1.82, 2.24) is 0 Å². The van der Waals surface area contributed by atoms with Crippen molar-refractivity contribution in [2.75, 3.05) is 0 Å². The number of rotatable bonds is 5. The zero-order chi connectivity index (χ0) is 25.7. The molecule has 0 unspecified atom stereocenters. The van der Waals surface area contributed by atoms with E-state index in [9.17, 15) is 0 Å². The molecule has 0 atom stereocenters. The van der Waals surface area contributed by atoms with E-state index in [0.29, 0.717) is 0 Å². The van der Waals surface area contributed by atoms with Crippen LogP contribution in [-0.2, 0) is 0 Å². The van der Waals surface area contributed by atoms with Gasteiger partial charge in [-0.05, 0) is 92.8 Å². The first-order valence-corrected chi connectivity index (χ1v) is 13.0. The molecule has 0 fully saturated rings. The lowest BCUT2D eigenvalue weighted by Crippen LogP contribution is -2.32. The van der Waals surface area contributed by atoms with Gasteiger partial charge in [-0.15, -0.1) is 0 Å². The molecule has 0 aromatic heterocycles. The van der Waals surface area contributed by atoms with Crippen LogP contribution in [0.15, 0.2) is 86.0 Å². The van der Waals surface area contributed by atoms with Crippen LogP contribution in [0.4, 0.5) is 0 Å². The standard InChI is InChI=1S/C34H30.C2H6/c1-5-27-28(6-2)33(23(3)21-31(27)25-15-9-7-10-16-25)34-24(4)22-32(26-17-11-8-12-18-26)29-19-13-14-20-30(29)34;1-2/h5-12,15-22H,1-2,13-14H2,3-4H3;1-2H3. The molecule has 0 amide bonds. The van der Waals surface area contributed by atoms with E-state index in [1.165, 1.54) is 54.9 Å². The van der Waals surface area contributed by atoms with Gasteiger partial charge in [0, 0.05) is 0 Å². The maximum absolute atomic E-state index is 4.24.